The maximum Gasteiger partial charge on any atom is 0.219 e. The van der Waals surface area contributed by atoms with E-state index in [0.717, 1.165) is 6.07 Å². The van der Waals surface area contributed by atoms with Gasteiger partial charge in [-0.15, -0.1) is 0 Å². The van der Waals surface area contributed by atoms with E-state index in [0.29, 0.717) is 33.2 Å². The summed E-state index contributed by atoms with van der Waals surface area (Å²) in [6.07, 6.45) is 1.21. The van der Waals surface area contributed by atoms with Crippen molar-refractivity contribution in [2.75, 3.05) is 0 Å². The number of aryl methyl sites for hydroxylation is 3. The van der Waals surface area contributed by atoms with Gasteiger partial charge in [0.05, 0.1) is 24.0 Å². The van der Waals surface area contributed by atoms with Crippen LogP contribution >= 0.6 is 0 Å². The lowest BCUT2D eigenvalue weighted by atomic mass is 9.96. The van der Waals surface area contributed by atoms with E-state index < -0.39 is 48.4 Å². The van der Waals surface area contributed by atoms with Crippen molar-refractivity contribution in [3.05, 3.63) is 89.2 Å². The predicted molar refractivity (Wildman–Crippen MR) is 120 cm³/mol. The van der Waals surface area contributed by atoms with Gasteiger partial charge in [-0.25, -0.2) is 8.96 Å². The number of hydrogen-bond donors (Lipinski definition) is 0. The average Bonchev–Trinajstić information content (AvgIpc) is 3.25. The van der Waals surface area contributed by atoms with Crippen LogP contribution in [0, 0.1) is 30.9 Å². The van der Waals surface area contributed by atoms with Crippen molar-refractivity contribution in [1.29, 1.82) is 5.26 Å². The zero-order chi connectivity index (χ0) is 28.5. The van der Waals surface area contributed by atoms with Crippen molar-refractivity contribution in [2.45, 2.75) is 13.8 Å². The summed E-state index contributed by atoms with van der Waals surface area (Å²) in [5.74, 6) is -0.901. The molecule has 0 fully saturated rings. The number of aromatic nitrogens is 1. The quantitative estimate of drug-likeness (QED) is 0.314. The van der Waals surface area contributed by atoms with E-state index in [1.54, 1.807) is 32.2 Å². The zero-order valence-electron chi connectivity index (χ0n) is 24.6. The summed E-state index contributed by atoms with van der Waals surface area (Å²) in [6.45, 7) is -0.859. The smallest absolute Gasteiger partial charge is 0.219 e. The van der Waals surface area contributed by atoms with Gasteiger partial charge in [-0.3, -0.25) is 0 Å². The molecule has 0 spiro atoms. The molecule has 5 rings (SSSR count). The lowest BCUT2D eigenvalue weighted by Crippen LogP contribution is -2.31. The Hall–Kier alpha value is -3.97. The van der Waals surface area contributed by atoms with Gasteiger partial charge < -0.3 is 4.42 Å². The van der Waals surface area contributed by atoms with E-state index in [1.807, 2.05) is 6.07 Å². The van der Waals surface area contributed by atoms with Crippen molar-refractivity contribution < 1.29 is 24.3 Å². The molecule has 3 aromatic carbocycles. The molecule has 2 heterocycles. The van der Waals surface area contributed by atoms with Crippen molar-refractivity contribution in [1.82, 2.24) is 0 Å². The first-order chi connectivity index (χ1) is 18.3. The van der Waals surface area contributed by atoms with Gasteiger partial charge >= 0.3 is 0 Å². The van der Waals surface area contributed by atoms with Crippen molar-refractivity contribution in [3.8, 4) is 28.5 Å². The summed E-state index contributed by atoms with van der Waals surface area (Å²) in [5.41, 5.74) is 1.48. The average molecular weight is 416 g/mol. The molecule has 2 aromatic heterocycles. The van der Waals surface area contributed by atoms with Crippen LogP contribution in [0.4, 0.5) is 4.39 Å². The molecule has 4 heteroatoms. The number of hydrogen-bond acceptors (Lipinski definition) is 2. The van der Waals surface area contributed by atoms with E-state index >= 15 is 0 Å². The highest BCUT2D eigenvalue weighted by atomic mass is 19.1. The minimum Gasteiger partial charge on any atom is -0.454 e. The molecule has 0 radical (unpaired) electrons. The highest BCUT2D eigenvalue weighted by Gasteiger charge is 2.24. The summed E-state index contributed by atoms with van der Waals surface area (Å²) < 4.78 is 86.8. The molecule has 0 unspecified atom stereocenters. The van der Waals surface area contributed by atoms with Gasteiger partial charge in [0.15, 0.2) is 6.20 Å². The molecule has 3 nitrogen and oxygen atoms in total. The van der Waals surface area contributed by atoms with Crippen LogP contribution in [0.5, 0.6) is 0 Å². The second kappa shape index (κ2) is 7.07. The monoisotopic (exact) mass is 415 g/mol. The SMILES string of the molecule is [2H]c1c([2H])c([2H])c(-c2c(C#N)ccc3c2oc2c(-c4cc(F)c(C([2H])([2H])[2H])c[n+]4C)c(C)ccc23)c([2H])c1[2H]. The number of fused-ring (bicyclic) bond motifs is 3. The Morgan fingerprint density at radius 1 is 1.03 bits per heavy atom. The van der Waals surface area contributed by atoms with E-state index in [4.69, 9.17) is 15.4 Å². The molecule has 0 saturated carbocycles. The van der Waals surface area contributed by atoms with Gasteiger partial charge in [-0.05, 0) is 37.0 Å². The Morgan fingerprint density at radius 2 is 1.74 bits per heavy atom. The van der Waals surface area contributed by atoms with Crippen LogP contribution < -0.4 is 4.57 Å². The van der Waals surface area contributed by atoms with Gasteiger partial charge in [0.1, 0.15) is 24.0 Å². The lowest BCUT2D eigenvalue weighted by molar-refractivity contribution is -0.661. The first-order valence-electron chi connectivity index (χ1n) is 13.4. The van der Waals surface area contributed by atoms with Crippen LogP contribution in [0.3, 0.4) is 0 Å². The van der Waals surface area contributed by atoms with Gasteiger partial charge in [0, 0.05) is 32.1 Å². The molecule has 0 aliphatic carbocycles. The summed E-state index contributed by atoms with van der Waals surface area (Å²) in [4.78, 5) is 0. The first-order valence-corrected chi connectivity index (χ1v) is 9.44. The molecule has 150 valence electrons. The molecule has 0 bridgehead atoms. The molecule has 5 aromatic rings. The fourth-order valence-electron chi connectivity index (χ4n) is 3.91. The number of benzene rings is 3. The number of rotatable bonds is 2. The van der Waals surface area contributed by atoms with E-state index in [2.05, 4.69) is 0 Å². The number of halogens is 1. The summed E-state index contributed by atoms with van der Waals surface area (Å²) >= 11 is 0. The Balaban J connectivity index is 1.92. The number of furan rings is 1. The van der Waals surface area contributed by atoms with E-state index in [1.165, 1.54) is 16.8 Å². The van der Waals surface area contributed by atoms with Crippen LogP contribution in [-0.2, 0) is 7.05 Å². The Labute approximate surface area is 190 Å². The van der Waals surface area contributed by atoms with Crippen LogP contribution in [-0.4, -0.2) is 0 Å². The number of nitriles is 1. The molecular weight excluding hydrogens is 387 g/mol. The molecule has 0 amide bonds. The maximum atomic E-state index is 15.0. The fraction of sp³-hybridized carbons (Fsp3) is 0.111. The van der Waals surface area contributed by atoms with Crippen molar-refractivity contribution >= 4 is 21.9 Å². The van der Waals surface area contributed by atoms with E-state index in [9.17, 15) is 9.65 Å². The maximum absolute atomic E-state index is 15.0. The molecule has 0 N–H and O–H groups in total. The van der Waals surface area contributed by atoms with Crippen LogP contribution in [0.1, 0.15) is 27.7 Å². The van der Waals surface area contributed by atoms with Crippen molar-refractivity contribution in [3.63, 3.8) is 0 Å². The van der Waals surface area contributed by atoms with Crippen LogP contribution in [0.15, 0.2) is 71.2 Å². The molecular formula is C27H20FN2O+. The minimum atomic E-state index is -2.65. The Morgan fingerprint density at radius 3 is 2.45 bits per heavy atom. The normalized spacial score (nSPS) is 15.3. The second-order valence-corrected chi connectivity index (χ2v) is 7.24. The van der Waals surface area contributed by atoms with Crippen LogP contribution in [0.25, 0.3) is 44.3 Å². The molecule has 31 heavy (non-hydrogen) atoms. The predicted octanol–water partition coefficient (Wildman–Crippen LogP) is 6.37. The standard InChI is InChI=1S/C27H20FN2O/c1-16-9-11-20-21-12-10-19(14-29)25(18-7-5-4-6-8-18)27(21)31-26(20)24(16)23-13-22(28)17(2)15-30(23)3/h4-13,15H,1-3H3/q+1/i2D3,4D,5D,6D,7D,8D. The largest absolute Gasteiger partial charge is 0.454 e. The highest BCUT2D eigenvalue weighted by Crippen LogP contribution is 2.41. The number of pyridine rings is 1. The third-order valence-electron chi connectivity index (χ3n) is 5.37. The summed E-state index contributed by atoms with van der Waals surface area (Å²) in [7, 11) is 1.59. The topological polar surface area (TPSA) is 40.8 Å². The van der Waals surface area contributed by atoms with Gasteiger partial charge in [0.25, 0.3) is 0 Å². The third-order valence-corrected chi connectivity index (χ3v) is 5.37. The number of nitrogens with zero attached hydrogens (tertiary/aromatic N) is 2. The Kier molecular flexibility index (Phi) is 2.74. The molecule has 0 atom stereocenters. The molecule has 0 saturated heterocycles. The third kappa shape index (κ3) is 2.90. The second-order valence-electron chi connectivity index (χ2n) is 7.24. The molecule has 0 aliphatic rings. The van der Waals surface area contributed by atoms with Gasteiger partial charge in [0.2, 0.25) is 5.69 Å². The zero-order valence-corrected chi connectivity index (χ0v) is 16.6. The van der Waals surface area contributed by atoms with Crippen molar-refractivity contribution in [2.24, 2.45) is 7.05 Å². The van der Waals surface area contributed by atoms with E-state index in [-0.39, 0.29) is 22.3 Å². The Bertz CT molecular complexity index is 1870. The summed E-state index contributed by atoms with van der Waals surface area (Å²) in [6, 6.07) is 7.29. The first kappa shape index (κ1) is 12.0. The fourth-order valence-corrected chi connectivity index (χ4v) is 3.91. The molecule has 0 aliphatic heterocycles. The lowest BCUT2D eigenvalue weighted by Gasteiger charge is -2.06. The minimum absolute atomic E-state index is 0.0528. The highest BCUT2D eigenvalue weighted by molar-refractivity contribution is 6.13. The van der Waals surface area contributed by atoms with Crippen LogP contribution in [0.2, 0.25) is 0 Å². The van der Waals surface area contributed by atoms with Gasteiger partial charge in [-0.2, -0.15) is 5.26 Å². The summed E-state index contributed by atoms with van der Waals surface area (Å²) in [5, 5.41) is 11.0. The van der Waals surface area contributed by atoms with Gasteiger partial charge in [-0.1, -0.05) is 42.3 Å².